The fraction of sp³-hybridized carbons (Fsp3) is 0.267. The van der Waals surface area contributed by atoms with E-state index in [9.17, 15) is 18.0 Å². The zero-order valence-corrected chi connectivity index (χ0v) is 15.1. The summed E-state index contributed by atoms with van der Waals surface area (Å²) < 4.78 is 29.2. The number of anilines is 1. The van der Waals surface area contributed by atoms with E-state index in [2.05, 4.69) is 10.4 Å². The van der Waals surface area contributed by atoms with Crippen molar-refractivity contribution in [3.05, 3.63) is 51.4 Å². The number of nitrogens with one attached hydrogen (secondary N) is 1. The molecule has 0 saturated heterocycles. The zero-order valence-electron chi connectivity index (χ0n) is 13.5. The van der Waals surface area contributed by atoms with Crippen LogP contribution in [0.25, 0.3) is 0 Å². The van der Waals surface area contributed by atoms with Gasteiger partial charge in [-0.05, 0) is 24.3 Å². The van der Waals surface area contributed by atoms with Gasteiger partial charge in [0.1, 0.15) is 5.69 Å². The molecule has 0 fully saturated rings. The van der Waals surface area contributed by atoms with E-state index in [1.165, 1.54) is 37.4 Å². The van der Waals surface area contributed by atoms with Crippen molar-refractivity contribution in [3.8, 4) is 0 Å². The minimum Gasteiger partial charge on any atom is -0.383 e. The first-order chi connectivity index (χ1) is 11.7. The van der Waals surface area contributed by atoms with E-state index in [1.54, 1.807) is 0 Å². The Kier molecular flexibility index (Phi) is 5.93. The lowest BCUT2D eigenvalue weighted by molar-refractivity contribution is 0.101. The molecule has 0 radical (unpaired) electrons. The monoisotopic (exact) mass is 385 g/mol. The number of benzene rings is 1. The smallest absolute Gasteiger partial charge is 0.276 e. The molecular weight excluding hydrogens is 370 g/mol. The Morgan fingerprint density at radius 2 is 2.04 bits per heavy atom. The molecule has 1 aromatic carbocycles. The number of rotatable bonds is 6. The number of amides is 1. The summed E-state index contributed by atoms with van der Waals surface area (Å²) in [6.07, 6.45) is 1.05. The summed E-state index contributed by atoms with van der Waals surface area (Å²) in [6.45, 7) is 0.459. The quantitative estimate of drug-likeness (QED) is 0.800. The summed E-state index contributed by atoms with van der Waals surface area (Å²) in [6, 6.07) is 6.47. The van der Waals surface area contributed by atoms with Crippen LogP contribution in [0.2, 0.25) is 5.02 Å². The Bertz CT molecular complexity index is 956. The number of halogens is 1. The highest BCUT2D eigenvalue weighted by Crippen LogP contribution is 2.25. The van der Waals surface area contributed by atoms with Crippen molar-refractivity contribution < 1.29 is 17.9 Å². The lowest BCUT2D eigenvalue weighted by atomic mass is 10.3. The van der Waals surface area contributed by atoms with E-state index in [0.717, 1.165) is 10.9 Å². The fourth-order valence-corrected chi connectivity index (χ4v) is 2.74. The van der Waals surface area contributed by atoms with Gasteiger partial charge in [0.25, 0.3) is 11.5 Å². The molecule has 25 heavy (non-hydrogen) atoms. The van der Waals surface area contributed by atoms with Gasteiger partial charge in [0, 0.05) is 19.4 Å². The van der Waals surface area contributed by atoms with Crippen molar-refractivity contribution >= 4 is 33.0 Å². The van der Waals surface area contributed by atoms with E-state index >= 15 is 0 Å². The summed E-state index contributed by atoms with van der Waals surface area (Å²) in [5.74, 6) is -0.626. The molecule has 0 aliphatic rings. The number of methoxy groups -OCH3 is 1. The maximum Gasteiger partial charge on any atom is 0.276 e. The van der Waals surface area contributed by atoms with Gasteiger partial charge >= 0.3 is 0 Å². The summed E-state index contributed by atoms with van der Waals surface area (Å²) >= 11 is 6.00. The van der Waals surface area contributed by atoms with Gasteiger partial charge in [-0.1, -0.05) is 11.6 Å². The van der Waals surface area contributed by atoms with Crippen LogP contribution in [-0.4, -0.2) is 44.1 Å². The number of aromatic nitrogens is 2. The number of carbonyl (C=O) groups excluding carboxylic acids is 1. The second-order valence-corrected chi connectivity index (χ2v) is 7.56. The van der Waals surface area contributed by atoms with E-state index in [0.29, 0.717) is 0 Å². The molecule has 0 saturated carbocycles. The molecule has 0 aliphatic carbocycles. The van der Waals surface area contributed by atoms with Crippen molar-refractivity contribution in [2.45, 2.75) is 11.4 Å². The highest BCUT2D eigenvalue weighted by Gasteiger charge is 2.15. The van der Waals surface area contributed by atoms with Crippen LogP contribution in [-0.2, 0) is 21.1 Å². The van der Waals surface area contributed by atoms with Gasteiger partial charge in [-0.25, -0.2) is 13.1 Å². The first-order valence-corrected chi connectivity index (χ1v) is 9.37. The van der Waals surface area contributed by atoms with Crippen molar-refractivity contribution in [1.82, 2.24) is 9.78 Å². The van der Waals surface area contributed by atoms with Crippen LogP contribution in [0.5, 0.6) is 0 Å². The van der Waals surface area contributed by atoms with Crippen molar-refractivity contribution in [1.29, 1.82) is 0 Å². The zero-order chi connectivity index (χ0) is 18.6. The Morgan fingerprint density at radius 1 is 1.32 bits per heavy atom. The molecule has 0 unspecified atom stereocenters. The van der Waals surface area contributed by atoms with Crippen LogP contribution < -0.4 is 10.9 Å². The molecule has 134 valence electrons. The van der Waals surface area contributed by atoms with Gasteiger partial charge in [-0.2, -0.15) is 5.10 Å². The molecule has 10 heteroatoms. The Balaban J connectivity index is 2.30. The summed E-state index contributed by atoms with van der Waals surface area (Å²) in [5, 5.41) is 6.63. The molecule has 1 aromatic heterocycles. The first kappa shape index (κ1) is 19.1. The summed E-state index contributed by atoms with van der Waals surface area (Å²) in [4.78, 5) is 24.0. The lowest BCUT2D eigenvalue weighted by Crippen LogP contribution is -2.27. The van der Waals surface area contributed by atoms with Gasteiger partial charge in [-0.3, -0.25) is 9.59 Å². The van der Waals surface area contributed by atoms with E-state index in [-0.39, 0.29) is 40.0 Å². The van der Waals surface area contributed by atoms with Gasteiger partial charge < -0.3 is 10.1 Å². The number of hydrogen-bond donors (Lipinski definition) is 1. The molecule has 2 rings (SSSR count). The van der Waals surface area contributed by atoms with Gasteiger partial charge in [0.15, 0.2) is 9.84 Å². The number of sulfone groups is 1. The van der Waals surface area contributed by atoms with Crippen molar-refractivity contribution in [3.63, 3.8) is 0 Å². The molecule has 8 nitrogen and oxygen atoms in total. The Morgan fingerprint density at radius 3 is 2.68 bits per heavy atom. The average molecular weight is 386 g/mol. The van der Waals surface area contributed by atoms with Crippen molar-refractivity contribution in [2.75, 3.05) is 25.3 Å². The van der Waals surface area contributed by atoms with Gasteiger partial charge in [0.05, 0.1) is 28.8 Å². The van der Waals surface area contributed by atoms with Crippen LogP contribution in [0, 0.1) is 0 Å². The molecule has 2 aromatic rings. The number of nitrogens with zero attached hydrogens (tertiary/aromatic N) is 2. The van der Waals surface area contributed by atoms with E-state index in [4.69, 9.17) is 16.3 Å². The molecule has 0 bridgehead atoms. The predicted molar refractivity (Wildman–Crippen MR) is 92.9 cm³/mol. The average Bonchev–Trinajstić information content (AvgIpc) is 2.55. The van der Waals surface area contributed by atoms with Crippen LogP contribution in [0.4, 0.5) is 5.69 Å². The van der Waals surface area contributed by atoms with E-state index in [1.807, 2.05) is 0 Å². The summed E-state index contributed by atoms with van der Waals surface area (Å²) in [5.41, 5.74) is -0.256. The third-order valence-electron chi connectivity index (χ3n) is 3.22. The third-order valence-corrected chi connectivity index (χ3v) is 4.66. The largest absolute Gasteiger partial charge is 0.383 e. The van der Waals surface area contributed by atoms with Crippen LogP contribution in [0.15, 0.2) is 40.0 Å². The molecule has 1 N–H and O–H groups in total. The number of carbonyl (C=O) groups is 1. The topological polar surface area (TPSA) is 107 Å². The molecule has 0 spiro atoms. The van der Waals surface area contributed by atoms with Gasteiger partial charge in [-0.15, -0.1) is 0 Å². The second-order valence-electron chi connectivity index (χ2n) is 5.14. The Labute approximate surface area is 149 Å². The SMILES string of the molecule is COCCn1nc(C(=O)Nc2cc(S(C)(=O)=O)ccc2Cl)ccc1=O. The Hall–Kier alpha value is -2.23. The minimum atomic E-state index is -3.45. The molecule has 0 aliphatic heterocycles. The van der Waals surface area contributed by atoms with Crippen LogP contribution in [0.1, 0.15) is 10.5 Å². The fourth-order valence-electron chi connectivity index (χ4n) is 1.93. The standard InChI is InChI=1S/C15H16ClN3O5S/c1-24-8-7-19-14(20)6-5-12(18-19)15(21)17-13-9-10(25(2,22)23)3-4-11(13)16/h3-6,9H,7-8H2,1-2H3,(H,17,21). The normalized spacial score (nSPS) is 11.3. The number of ether oxygens (including phenoxy) is 1. The van der Waals surface area contributed by atoms with Crippen LogP contribution >= 0.6 is 11.6 Å². The lowest BCUT2D eigenvalue weighted by Gasteiger charge is -2.10. The third kappa shape index (κ3) is 4.88. The second kappa shape index (κ2) is 7.77. The molecule has 0 atom stereocenters. The maximum absolute atomic E-state index is 12.3. The molecule has 1 heterocycles. The highest BCUT2D eigenvalue weighted by molar-refractivity contribution is 7.90. The van der Waals surface area contributed by atoms with Crippen molar-refractivity contribution in [2.24, 2.45) is 0 Å². The molecular formula is C15H16ClN3O5S. The van der Waals surface area contributed by atoms with Crippen LogP contribution in [0.3, 0.4) is 0 Å². The number of hydrogen-bond acceptors (Lipinski definition) is 6. The first-order valence-electron chi connectivity index (χ1n) is 7.10. The minimum absolute atomic E-state index is 0.0171. The van der Waals surface area contributed by atoms with E-state index < -0.39 is 15.7 Å². The summed E-state index contributed by atoms with van der Waals surface area (Å²) in [7, 11) is -1.97. The maximum atomic E-state index is 12.3. The highest BCUT2D eigenvalue weighted by atomic mass is 35.5. The molecule has 1 amide bonds. The van der Waals surface area contributed by atoms with Gasteiger partial charge in [0.2, 0.25) is 0 Å². The predicted octanol–water partition coefficient (Wildman–Crippen LogP) is 1.20.